The van der Waals surface area contributed by atoms with Crippen LogP contribution in [0.1, 0.15) is 84.2 Å². The smallest absolute Gasteiger partial charge is 0.281 e. The molecule has 0 unspecified atom stereocenters. The summed E-state index contributed by atoms with van der Waals surface area (Å²) in [4.78, 5) is 58.3. The first kappa shape index (κ1) is 57.1. The summed E-state index contributed by atoms with van der Waals surface area (Å²) in [5.41, 5.74) is 10.8. The van der Waals surface area contributed by atoms with Crippen molar-refractivity contribution in [2.75, 3.05) is 4.31 Å². The first-order valence-electron chi connectivity index (χ1n) is 26.7. The third-order valence-electron chi connectivity index (χ3n) is 14.4. The van der Waals surface area contributed by atoms with Crippen molar-refractivity contribution in [2.24, 2.45) is 0 Å². The largest absolute Gasteiger partial charge is 0.325 e. The van der Waals surface area contributed by atoms with E-state index < -0.39 is 31.0 Å². The number of allylic oxidation sites excluding steroid dienone is 2. The maximum Gasteiger partial charge on any atom is 0.281 e. The molecular weight excluding hydrogens is 1100 g/mol. The second-order valence-electron chi connectivity index (χ2n) is 20.5. The van der Waals surface area contributed by atoms with Crippen LogP contribution in [-0.2, 0) is 38.7 Å². The molecule has 2 aliphatic heterocycles. The quantitative estimate of drug-likeness (QED) is 0.120. The third kappa shape index (κ3) is 12.7. The lowest BCUT2D eigenvalue weighted by molar-refractivity contribution is 0.100. The second kappa shape index (κ2) is 24.1. The lowest BCUT2D eigenvalue weighted by Crippen LogP contribution is -2.37. The summed E-state index contributed by atoms with van der Waals surface area (Å²) < 4.78 is 58.0. The van der Waals surface area contributed by atoms with Crippen LogP contribution in [0.15, 0.2) is 214 Å². The number of aryl methyl sites for hydroxylation is 6. The number of amides is 1. The molecule has 0 fully saturated rings. The number of rotatable bonds is 10. The van der Waals surface area contributed by atoms with Gasteiger partial charge in [0, 0.05) is 24.2 Å². The van der Waals surface area contributed by atoms with Crippen molar-refractivity contribution in [3.8, 4) is 0 Å². The van der Waals surface area contributed by atoms with E-state index in [0.29, 0.717) is 45.8 Å². The van der Waals surface area contributed by atoms with Gasteiger partial charge in [-0.2, -0.15) is 14.3 Å². The highest BCUT2D eigenvalue weighted by molar-refractivity contribution is 7.93. The Morgan fingerprint density at radius 1 is 0.506 bits per heavy atom. The summed E-state index contributed by atoms with van der Waals surface area (Å²) >= 11 is 5.22. The van der Waals surface area contributed by atoms with Gasteiger partial charge in [-0.3, -0.25) is 19.2 Å². The predicted molar refractivity (Wildman–Crippen MR) is 330 cm³/mol. The van der Waals surface area contributed by atoms with Crippen LogP contribution >= 0.6 is 11.6 Å². The molecule has 10 aromatic rings. The number of halogens is 1. The molecule has 4 heterocycles. The third-order valence-corrected chi connectivity index (χ3v) is 18.1. The lowest BCUT2D eigenvalue weighted by atomic mass is 10.1. The van der Waals surface area contributed by atoms with Gasteiger partial charge in [-0.15, -0.1) is 0 Å². The van der Waals surface area contributed by atoms with E-state index in [1.54, 1.807) is 91.0 Å². The molecule has 0 aliphatic carbocycles. The number of sulfonamides is 1. The fraction of sp³-hybridized carbons (Fsp3) is 0.134. The fourth-order valence-electron chi connectivity index (χ4n) is 9.89. The summed E-state index contributed by atoms with van der Waals surface area (Å²) in [6.07, 6.45) is 5.48. The minimum absolute atomic E-state index is 0.0288. The SMILES string of the molecule is Cc1ccc(C(=O)Cl)cc1.Cc1ccc(C(=O)N(c2ccc(/C=C3\CCn4c3nc(=O)c3ccccc34)cc2)S(=O)(=O)c2ccc(C)cc2)cc1.Cc1ccc(S(=O)(=O)Cc2ccc(/C=C3\CCn4c3nc(=O)c3ccccc34)cc2)cc1. The zero-order valence-corrected chi connectivity index (χ0v) is 48.3. The van der Waals surface area contributed by atoms with Crippen LogP contribution < -0.4 is 15.4 Å². The summed E-state index contributed by atoms with van der Waals surface area (Å²) in [5.74, 6) is 0.658. The summed E-state index contributed by atoms with van der Waals surface area (Å²) in [6.45, 7) is 9.15. The number of para-hydroxylation sites is 2. The Labute approximate surface area is 486 Å². The predicted octanol–water partition coefficient (Wildman–Crippen LogP) is 13.0. The van der Waals surface area contributed by atoms with Crippen molar-refractivity contribution in [1.82, 2.24) is 19.1 Å². The maximum absolute atomic E-state index is 13.8. The van der Waals surface area contributed by atoms with Crippen LogP contribution in [0.2, 0.25) is 0 Å². The van der Waals surface area contributed by atoms with Gasteiger partial charge in [0.2, 0.25) is 0 Å². The van der Waals surface area contributed by atoms with Crippen molar-refractivity contribution < 1.29 is 26.4 Å². The summed E-state index contributed by atoms with van der Waals surface area (Å²) in [6, 6.07) is 56.6. The normalized spacial score (nSPS) is 13.7. The van der Waals surface area contributed by atoms with Gasteiger partial charge in [-0.1, -0.05) is 131 Å². The number of fused-ring (bicyclic) bond motifs is 6. The minimum Gasteiger partial charge on any atom is -0.325 e. The molecular formula is C67H56ClN5O8S2. The highest BCUT2D eigenvalue weighted by Gasteiger charge is 2.32. The van der Waals surface area contributed by atoms with Gasteiger partial charge in [0.1, 0.15) is 11.6 Å². The Morgan fingerprint density at radius 3 is 1.35 bits per heavy atom. The number of nitrogens with zero attached hydrogens (tertiary/aromatic N) is 5. The molecule has 83 heavy (non-hydrogen) atoms. The zero-order chi connectivity index (χ0) is 58.6. The molecule has 2 aliphatic rings. The summed E-state index contributed by atoms with van der Waals surface area (Å²) in [7, 11) is -7.60. The Kier molecular flexibility index (Phi) is 16.6. The molecule has 0 spiro atoms. The highest BCUT2D eigenvalue weighted by Crippen LogP contribution is 2.33. The molecule has 16 heteroatoms. The van der Waals surface area contributed by atoms with E-state index in [1.807, 2.05) is 135 Å². The standard InChI is InChI=1S/C33H27N3O4S.C26H22N2O3S.C8H7ClO/c1-22-7-13-25(14-8-22)33(38)36(41(39,40)28-17-9-23(2)10-18-28)27-15-11-24(12-16-27)21-26-19-20-35-30-6-4-3-5-29(30)32(37)34-31(26)35;1-18-6-12-22(13-7-18)32(30,31)17-20-10-8-19(9-11-20)16-21-14-15-28-24-5-3-2-4-23(24)26(29)27-25(21)28;1-6-2-4-7(5-3-6)8(9)10/h3-18,21H,19-20H2,1-2H3;2-13,16H,14-15,17H2,1H3;2-5H,1H3/b26-21+;21-16+;. The zero-order valence-electron chi connectivity index (χ0n) is 45.9. The number of benzene rings is 8. The van der Waals surface area contributed by atoms with Crippen LogP contribution in [0, 0.1) is 27.7 Å². The first-order chi connectivity index (χ1) is 39.8. The number of sulfone groups is 1. The molecule has 0 N–H and O–H groups in total. The van der Waals surface area contributed by atoms with Crippen molar-refractivity contribution in [1.29, 1.82) is 0 Å². The molecule has 12 rings (SSSR count). The van der Waals surface area contributed by atoms with Crippen LogP contribution in [0.25, 0.3) is 45.1 Å². The van der Waals surface area contributed by atoms with Crippen molar-refractivity contribution in [3.05, 3.63) is 277 Å². The van der Waals surface area contributed by atoms with E-state index in [4.69, 9.17) is 11.6 Å². The second-order valence-corrected chi connectivity index (χ2v) is 24.6. The molecule has 0 bridgehead atoms. The monoisotopic (exact) mass is 1160 g/mol. The molecule has 0 saturated carbocycles. The van der Waals surface area contributed by atoms with E-state index in [1.165, 1.54) is 12.1 Å². The Morgan fingerprint density at radius 2 is 0.904 bits per heavy atom. The van der Waals surface area contributed by atoms with Gasteiger partial charge < -0.3 is 9.13 Å². The first-order valence-corrected chi connectivity index (χ1v) is 30.2. The average Bonchev–Trinajstić information content (AvgIpc) is 4.22. The molecule has 13 nitrogen and oxygen atoms in total. The van der Waals surface area contributed by atoms with Crippen LogP contribution in [0.5, 0.6) is 0 Å². The molecule has 416 valence electrons. The molecule has 0 radical (unpaired) electrons. The number of aromatic nitrogens is 4. The van der Waals surface area contributed by atoms with Crippen molar-refractivity contribution in [3.63, 3.8) is 0 Å². The van der Waals surface area contributed by atoms with E-state index in [2.05, 4.69) is 14.5 Å². The molecule has 0 saturated heterocycles. The number of hydrogen-bond donors (Lipinski definition) is 0. The van der Waals surface area contributed by atoms with E-state index in [9.17, 15) is 36.0 Å². The number of hydrogen-bond acceptors (Lipinski definition) is 10. The van der Waals surface area contributed by atoms with Gasteiger partial charge in [0.15, 0.2) is 9.84 Å². The molecule has 0 atom stereocenters. The fourth-order valence-corrected chi connectivity index (χ4v) is 12.8. The summed E-state index contributed by atoms with van der Waals surface area (Å²) in [5, 5.41) is 0.826. The Balaban J connectivity index is 0.000000162. The van der Waals surface area contributed by atoms with Gasteiger partial charge in [-0.25, -0.2) is 16.8 Å². The van der Waals surface area contributed by atoms with Crippen LogP contribution in [-0.4, -0.2) is 47.1 Å². The van der Waals surface area contributed by atoms with Crippen LogP contribution in [0.3, 0.4) is 0 Å². The molecule has 2 aromatic heterocycles. The Bertz CT molecular complexity index is 4540. The van der Waals surface area contributed by atoms with E-state index in [-0.39, 0.29) is 33.0 Å². The number of carbonyl (C=O) groups excluding carboxylic acids is 2. The molecule has 8 aromatic carbocycles. The maximum atomic E-state index is 13.8. The van der Waals surface area contributed by atoms with Gasteiger partial charge in [0.25, 0.3) is 32.3 Å². The van der Waals surface area contributed by atoms with Crippen molar-refractivity contribution in [2.45, 2.75) is 69.2 Å². The lowest BCUT2D eigenvalue weighted by Gasteiger charge is -2.23. The topological polar surface area (TPSA) is 175 Å². The van der Waals surface area contributed by atoms with Crippen LogP contribution in [0.4, 0.5) is 5.69 Å². The average molecular weight is 1160 g/mol. The van der Waals surface area contributed by atoms with Gasteiger partial charge >= 0.3 is 0 Å². The minimum atomic E-state index is -4.21. The number of anilines is 1. The Hall–Kier alpha value is -9.15. The van der Waals surface area contributed by atoms with Gasteiger partial charge in [-0.05, 0) is 177 Å². The van der Waals surface area contributed by atoms with E-state index in [0.717, 1.165) is 78.4 Å². The van der Waals surface area contributed by atoms with E-state index >= 15 is 0 Å². The van der Waals surface area contributed by atoms with Crippen molar-refractivity contribution >= 4 is 93.4 Å². The number of carbonyl (C=O) groups is 2. The highest BCUT2D eigenvalue weighted by atomic mass is 35.5. The molecule has 1 amide bonds. The van der Waals surface area contributed by atoms with Gasteiger partial charge in [0.05, 0.1) is 43.0 Å².